The van der Waals surface area contributed by atoms with E-state index in [0.29, 0.717) is 40.1 Å². The molecule has 0 aliphatic carbocycles. The van der Waals surface area contributed by atoms with Gasteiger partial charge in [0.2, 0.25) is 0 Å². The number of halogens is 1. The molecule has 0 radical (unpaired) electrons. The van der Waals surface area contributed by atoms with Crippen LogP contribution in [0.5, 0.6) is 5.75 Å². The predicted octanol–water partition coefficient (Wildman–Crippen LogP) is 3.36. The molecule has 1 aromatic heterocycles. The van der Waals surface area contributed by atoms with Crippen molar-refractivity contribution >= 4 is 35.5 Å². The third-order valence-electron chi connectivity index (χ3n) is 3.34. The summed E-state index contributed by atoms with van der Waals surface area (Å²) in [6.07, 6.45) is 3.48. The van der Waals surface area contributed by atoms with Gasteiger partial charge in [0.05, 0.1) is 12.1 Å². The van der Waals surface area contributed by atoms with E-state index in [4.69, 9.17) is 21.1 Å². The van der Waals surface area contributed by atoms with Crippen molar-refractivity contribution in [2.45, 2.75) is 17.8 Å². The Bertz CT molecular complexity index is 715. The molecule has 1 N–H and O–H groups in total. The first kappa shape index (κ1) is 18.5. The second kappa shape index (κ2) is 8.86. The highest BCUT2D eigenvalue weighted by molar-refractivity contribution is 7.98. The van der Waals surface area contributed by atoms with Gasteiger partial charge in [-0.25, -0.2) is 9.97 Å². The summed E-state index contributed by atoms with van der Waals surface area (Å²) in [5, 5.41) is 4.36. The van der Waals surface area contributed by atoms with Crippen LogP contribution in [0, 0.1) is 0 Å². The minimum atomic E-state index is -0.720. The number of carbonyl (C=O) groups excluding carboxylic acids is 1. The molecule has 8 heteroatoms. The van der Waals surface area contributed by atoms with Gasteiger partial charge in [0.1, 0.15) is 17.7 Å². The predicted molar refractivity (Wildman–Crippen MR) is 95.0 cm³/mol. The standard InChI is InChI=1S/C16H18ClN3O3S/c1-22-13-5-4-10(6-12(13)17)7-18-15-11(14(9-21)23-2)8-19-16(20-15)24-3/h4-6,8-9,14H,7H2,1-3H3,(H,18,19,20). The fraction of sp³-hybridized carbons (Fsp3) is 0.312. The second-order valence-electron chi connectivity index (χ2n) is 4.78. The molecule has 6 nitrogen and oxygen atoms in total. The number of benzene rings is 1. The lowest BCUT2D eigenvalue weighted by Crippen LogP contribution is -2.11. The minimum Gasteiger partial charge on any atom is -0.495 e. The van der Waals surface area contributed by atoms with Gasteiger partial charge >= 0.3 is 0 Å². The third-order valence-corrected chi connectivity index (χ3v) is 4.19. The van der Waals surface area contributed by atoms with Crippen LogP contribution in [0.3, 0.4) is 0 Å². The van der Waals surface area contributed by atoms with E-state index < -0.39 is 6.10 Å². The molecule has 1 atom stereocenters. The molecule has 1 heterocycles. The topological polar surface area (TPSA) is 73.3 Å². The molecule has 0 spiro atoms. The Morgan fingerprint density at radius 2 is 2.21 bits per heavy atom. The van der Waals surface area contributed by atoms with Crippen molar-refractivity contribution < 1.29 is 14.3 Å². The highest BCUT2D eigenvalue weighted by Gasteiger charge is 2.17. The molecule has 0 aliphatic heterocycles. The maximum atomic E-state index is 11.2. The van der Waals surface area contributed by atoms with Gasteiger partial charge < -0.3 is 19.6 Å². The normalized spacial score (nSPS) is 11.8. The molecule has 24 heavy (non-hydrogen) atoms. The second-order valence-corrected chi connectivity index (χ2v) is 5.96. The smallest absolute Gasteiger partial charge is 0.189 e. The molecule has 0 saturated carbocycles. The van der Waals surface area contributed by atoms with Gasteiger partial charge in [0, 0.05) is 25.4 Å². The summed E-state index contributed by atoms with van der Waals surface area (Å²) >= 11 is 7.56. The summed E-state index contributed by atoms with van der Waals surface area (Å²) in [5.74, 6) is 1.17. The lowest BCUT2D eigenvalue weighted by atomic mass is 10.1. The first-order chi connectivity index (χ1) is 11.6. The van der Waals surface area contributed by atoms with Crippen LogP contribution in [0.15, 0.2) is 29.6 Å². The molecule has 0 fully saturated rings. The Balaban J connectivity index is 2.24. The number of anilines is 1. The van der Waals surface area contributed by atoms with Crippen LogP contribution in [-0.2, 0) is 16.1 Å². The van der Waals surface area contributed by atoms with Crippen molar-refractivity contribution in [2.75, 3.05) is 25.8 Å². The van der Waals surface area contributed by atoms with E-state index in [1.54, 1.807) is 19.4 Å². The highest BCUT2D eigenvalue weighted by Crippen LogP contribution is 2.27. The van der Waals surface area contributed by atoms with Crippen LogP contribution in [0.4, 0.5) is 5.82 Å². The fourth-order valence-corrected chi connectivity index (χ4v) is 2.71. The van der Waals surface area contributed by atoms with Crippen LogP contribution in [0.25, 0.3) is 0 Å². The molecule has 128 valence electrons. The number of hydrogen-bond acceptors (Lipinski definition) is 7. The van der Waals surface area contributed by atoms with Crippen molar-refractivity contribution in [3.63, 3.8) is 0 Å². The molecule has 0 saturated heterocycles. The van der Waals surface area contributed by atoms with Crippen molar-refractivity contribution in [1.82, 2.24) is 9.97 Å². The Kier molecular flexibility index (Phi) is 6.84. The molecular formula is C16H18ClN3O3S. The van der Waals surface area contributed by atoms with Gasteiger partial charge in [-0.3, -0.25) is 0 Å². The SMILES string of the molecule is COc1ccc(CNc2nc(SC)ncc2C(C=O)OC)cc1Cl. The zero-order valence-electron chi connectivity index (χ0n) is 13.6. The summed E-state index contributed by atoms with van der Waals surface area (Å²) in [4.78, 5) is 19.8. The van der Waals surface area contributed by atoms with E-state index in [2.05, 4.69) is 15.3 Å². The van der Waals surface area contributed by atoms with E-state index in [1.807, 2.05) is 18.4 Å². The summed E-state index contributed by atoms with van der Waals surface area (Å²) in [7, 11) is 3.04. The largest absolute Gasteiger partial charge is 0.495 e. The van der Waals surface area contributed by atoms with Crippen LogP contribution in [0.2, 0.25) is 5.02 Å². The number of rotatable bonds is 8. The molecule has 0 bridgehead atoms. The number of methoxy groups -OCH3 is 2. The lowest BCUT2D eigenvalue weighted by Gasteiger charge is -2.15. The quantitative estimate of drug-likeness (QED) is 0.435. The summed E-state index contributed by atoms with van der Waals surface area (Å²) in [6.45, 7) is 0.483. The Hall–Kier alpha value is -1.83. The molecule has 1 aromatic carbocycles. The molecule has 2 aromatic rings. The number of aromatic nitrogens is 2. The first-order valence-electron chi connectivity index (χ1n) is 7.08. The van der Waals surface area contributed by atoms with E-state index in [1.165, 1.54) is 18.9 Å². The van der Waals surface area contributed by atoms with Crippen LogP contribution < -0.4 is 10.1 Å². The van der Waals surface area contributed by atoms with E-state index >= 15 is 0 Å². The van der Waals surface area contributed by atoms with Gasteiger partial charge in [0.15, 0.2) is 11.4 Å². The van der Waals surface area contributed by atoms with Gasteiger partial charge in [-0.05, 0) is 24.0 Å². The minimum absolute atomic E-state index is 0.483. The lowest BCUT2D eigenvalue weighted by molar-refractivity contribution is -0.116. The highest BCUT2D eigenvalue weighted by atomic mass is 35.5. The number of nitrogens with zero attached hydrogens (tertiary/aromatic N) is 2. The summed E-state index contributed by atoms with van der Waals surface area (Å²) in [5.41, 5.74) is 1.54. The summed E-state index contributed by atoms with van der Waals surface area (Å²) in [6, 6.07) is 5.52. The maximum absolute atomic E-state index is 11.2. The average molecular weight is 368 g/mol. The molecule has 1 unspecified atom stereocenters. The Labute approximate surface area is 149 Å². The number of ether oxygens (including phenoxy) is 2. The Morgan fingerprint density at radius 1 is 1.42 bits per heavy atom. The monoisotopic (exact) mass is 367 g/mol. The van der Waals surface area contributed by atoms with Gasteiger partial charge in [-0.1, -0.05) is 29.4 Å². The number of nitrogens with one attached hydrogen (secondary N) is 1. The third kappa shape index (κ3) is 4.37. The van der Waals surface area contributed by atoms with Crippen molar-refractivity contribution in [2.24, 2.45) is 0 Å². The number of hydrogen-bond donors (Lipinski definition) is 1. The van der Waals surface area contributed by atoms with Crippen molar-refractivity contribution in [1.29, 1.82) is 0 Å². The number of carbonyl (C=O) groups is 1. The number of aldehydes is 1. The molecule has 2 rings (SSSR count). The average Bonchev–Trinajstić information content (AvgIpc) is 2.61. The zero-order valence-corrected chi connectivity index (χ0v) is 15.1. The van der Waals surface area contributed by atoms with Crippen LogP contribution in [-0.4, -0.2) is 36.7 Å². The molecule has 0 aliphatic rings. The molecular weight excluding hydrogens is 350 g/mol. The van der Waals surface area contributed by atoms with Gasteiger partial charge in [-0.2, -0.15) is 0 Å². The van der Waals surface area contributed by atoms with E-state index in [0.717, 1.165) is 5.56 Å². The van der Waals surface area contributed by atoms with Gasteiger partial charge in [-0.15, -0.1) is 0 Å². The first-order valence-corrected chi connectivity index (χ1v) is 8.68. The van der Waals surface area contributed by atoms with Crippen LogP contribution in [0.1, 0.15) is 17.2 Å². The fourth-order valence-electron chi connectivity index (χ4n) is 2.08. The van der Waals surface area contributed by atoms with Gasteiger partial charge in [0.25, 0.3) is 0 Å². The zero-order chi connectivity index (χ0) is 17.5. The number of thioether (sulfide) groups is 1. The van der Waals surface area contributed by atoms with Crippen molar-refractivity contribution in [3.05, 3.63) is 40.5 Å². The summed E-state index contributed by atoms with van der Waals surface area (Å²) < 4.78 is 10.3. The molecule has 0 amide bonds. The van der Waals surface area contributed by atoms with Crippen LogP contribution >= 0.6 is 23.4 Å². The van der Waals surface area contributed by atoms with E-state index in [-0.39, 0.29) is 0 Å². The van der Waals surface area contributed by atoms with Crippen molar-refractivity contribution in [3.8, 4) is 5.75 Å². The maximum Gasteiger partial charge on any atom is 0.189 e. The Morgan fingerprint density at radius 3 is 2.79 bits per heavy atom. The van der Waals surface area contributed by atoms with E-state index in [9.17, 15) is 4.79 Å².